The second kappa shape index (κ2) is 13.0. The van der Waals surface area contributed by atoms with Crippen molar-refractivity contribution in [3.05, 3.63) is 132 Å². The number of pyridine rings is 1. The predicted octanol–water partition coefficient (Wildman–Crippen LogP) is 7.81. The van der Waals surface area contributed by atoms with Crippen LogP contribution in [0.15, 0.2) is 96.2 Å². The second-order valence-corrected chi connectivity index (χ2v) is 8.17. The van der Waals surface area contributed by atoms with E-state index in [-0.39, 0.29) is 26.6 Å². The fourth-order valence-corrected chi connectivity index (χ4v) is 4.59. The number of benzene rings is 2. The topological polar surface area (TPSA) is 49.0 Å². The standard InChI is InChI=1S/C27H19FN3.C5H9.Pt/c1-5-21-17(2)27(18(3)30-4,23-10-7-6-9-22(21)23)26-12-8-11-25(31-26)19-13-14-24(28)20(15-19)16-29;1-3-5-4-2;/h5-12,14-15H,1,3-4H2,2H3;5H,3H2,1-2H3;/q2*-1;+2. The molecule has 0 saturated heterocycles. The molecule has 37 heavy (non-hydrogen) atoms. The van der Waals surface area contributed by atoms with Gasteiger partial charge in [0.15, 0.2) is 0 Å². The summed E-state index contributed by atoms with van der Waals surface area (Å²) in [5, 5.41) is 9.19. The molecule has 0 amide bonds. The van der Waals surface area contributed by atoms with Crippen molar-refractivity contribution in [2.45, 2.75) is 32.6 Å². The van der Waals surface area contributed by atoms with Crippen LogP contribution >= 0.6 is 0 Å². The van der Waals surface area contributed by atoms with Crippen LogP contribution in [0, 0.1) is 29.3 Å². The molecule has 0 spiro atoms. The molecule has 3 aromatic rings. The van der Waals surface area contributed by atoms with Crippen LogP contribution in [0.3, 0.4) is 0 Å². The Labute approximate surface area is 233 Å². The number of hydrogen-bond donors (Lipinski definition) is 0. The zero-order chi connectivity index (χ0) is 26.3. The average molecular weight is 669 g/mol. The monoisotopic (exact) mass is 668 g/mol. The molecular formula is C32H28FN3Pt. The van der Waals surface area contributed by atoms with Gasteiger partial charge in [-0.15, -0.1) is 23.8 Å². The number of allylic oxidation sites excluding steroid dienone is 5. The summed E-state index contributed by atoms with van der Waals surface area (Å²) in [5.41, 5.74) is 5.57. The molecule has 1 unspecified atom stereocenters. The van der Waals surface area contributed by atoms with E-state index in [9.17, 15) is 9.65 Å². The summed E-state index contributed by atoms with van der Waals surface area (Å²) in [7, 11) is 0. The molecular weight excluding hydrogens is 640 g/mol. The summed E-state index contributed by atoms with van der Waals surface area (Å²) in [6.07, 6.45) is 7.84. The Bertz CT molecular complexity index is 1430. The van der Waals surface area contributed by atoms with E-state index in [1.54, 1.807) is 6.07 Å². The number of rotatable bonds is 6. The van der Waals surface area contributed by atoms with E-state index in [4.69, 9.17) is 4.98 Å². The van der Waals surface area contributed by atoms with Gasteiger partial charge in [-0.1, -0.05) is 69.0 Å². The molecule has 0 radical (unpaired) electrons. The minimum absolute atomic E-state index is 0. The summed E-state index contributed by atoms with van der Waals surface area (Å²) < 4.78 is 13.8. The SMILES string of the molecule is C=CC1=C(C)C(C(=C)N=C)(c2cccc(-c3[c-]cc(F)c(C#N)c3)n2)c2ccccc21.C[C-]=CCC.[Pt+2]. The summed E-state index contributed by atoms with van der Waals surface area (Å²) in [4.78, 5) is 9.13. The van der Waals surface area contributed by atoms with Crippen LogP contribution in [0.1, 0.15) is 49.6 Å². The molecule has 5 heteroatoms. The number of halogens is 1. The van der Waals surface area contributed by atoms with Crippen LogP contribution in [0.25, 0.3) is 16.8 Å². The fourth-order valence-electron chi connectivity index (χ4n) is 4.59. The number of fused-ring (bicyclic) bond motifs is 1. The maximum absolute atomic E-state index is 13.8. The van der Waals surface area contributed by atoms with E-state index in [1.807, 2.05) is 68.5 Å². The third kappa shape index (κ3) is 5.38. The molecule has 0 saturated carbocycles. The van der Waals surface area contributed by atoms with Gasteiger partial charge in [0.25, 0.3) is 0 Å². The van der Waals surface area contributed by atoms with E-state index < -0.39 is 11.2 Å². The molecule has 0 bridgehead atoms. The third-order valence-electron chi connectivity index (χ3n) is 6.25. The van der Waals surface area contributed by atoms with Crippen molar-refractivity contribution in [1.82, 2.24) is 4.98 Å². The average Bonchev–Trinajstić information content (AvgIpc) is 3.17. The Balaban J connectivity index is 0.000000734. The predicted molar refractivity (Wildman–Crippen MR) is 146 cm³/mol. The van der Waals surface area contributed by atoms with E-state index in [0.717, 1.165) is 34.8 Å². The zero-order valence-electron chi connectivity index (χ0n) is 21.2. The molecule has 0 N–H and O–H groups in total. The van der Waals surface area contributed by atoms with Crippen molar-refractivity contribution in [2.24, 2.45) is 4.99 Å². The number of hydrogen-bond acceptors (Lipinski definition) is 3. The largest absolute Gasteiger partial charge is 2.00 e. The van der Waals surface area contributed by atoms with Crippen LogP contribution in [-0.4, -0.2) is 11.7 Å². The van der Waals surface area contributed by atoms with Gasteiger partial charge in [-0.3, -0.25) is 20.4 Å². The number of nitrogens with zero attached hydrogens (tertiary/aromatic N) is 3. The Morgan fingerprint density at radius 3 is 2.59 bits per heavy atom. The van der Waals surface area contributed by atoms with Gasteiger partial charge in [-0.2, -0.15) is 12.2 Å². The Morgan fingerprint density at radius 1 is 1.27 bits per heavy atom. The van der Waals surface area contributed by atoms with Crippen molar-refractivity contribution in [3.63, 3.8) is 0 Å². The van der Waals surface area contributed by atoms with Crippen LogP contribution in [0.4, 0.5) is 4.39 Å². The minimum Gasteiger partial charge on any atom is -0.504 e. The van der Waals surface area contributed by atoms with Crippen molar-refractivity contribution >= 4 is 12.3 Å². The van der Waals surface area contributed by atoms with Gasteiger partial charge < -0.3 is 6.08 Å². The summed E-state index contributed by atoms with van der Waals surface area (Å²) in [6.45, 7) is 18.0. The Morgan fingerprint density at radius 2 is 2.00 bits per heavy atom. The maximum atomic E-state index is 13.8. The molecule has 3 nitrogen and oxygen atoms in total. The van der Waals surface area contributed by atoms with E-state index >= 15 is 0 Å². The van der Waals surface area contributed by atoms with Crippen LogP contribution < -0.4 is 0 Å². The molecule has 1 atom stereocenters. The molecule has 1 heterocycles. The van der Waals surface area contributed by atoms with Gasteiger partial charge in [-0.25, -0.2) is 0 Å². The van der Waals surface area contributed by atoms with Gasteiger partial charge in [0.2, 0.25) is 0 Å². The number of aliphatic imine (C=N–C) groups is 1. The van der Waals surface area contributed by atoms with Crippen molar-refractivity contribution in [3.8, 4) is 17.3 Å². The summed E-state index contributed by atoms with van der Waals surface area (Å²) in [6, 6.07) is 21.0. The first-order valence-electron chi connectivity index (χ1n) is 11.6. The smallest absolute Gasteiger partial charge is 0.504 e. The first-order valence-corrected chi connectivity index (χ1v) is 11.6. The van der Waals surface area contributed by atoms with Gasteiger partial charge in [0.1, 0.15) is 5.41 Å². The maximum Gasteiger partial charge on any atom is 2.00 e. The first-order chi connectivity index (χ1) is 17.4. The molecule has 1 aliphatic carbocycles. The fraction of sp³-hybridized carbons (Fsp3) is 0.156. The normalized spacial score (nSPS) is 15.6. The van der Waals surface area contributed by atoms with Crippen LogP contribution in [-0.2, 0) is 26.5 Å². The molecule has 188 valence electrons. The van der Waals surface area contributed by atoms with Crippen molar-refractivity contribution in [2.75, 3.05) is 0 Å². The Kier molecular flexibility index (Phi) is 10.4. The molecule has 1 aliphatic rings. The summed E-state index contributed by atoms with van der Waals surface area (Å²) >= 11 is 0. The van der Waals surface area contributed by atoms with E-state index in [0.29, 0.717) is 22.6 Å². The molecule has 0 fully saturated rings. The van der Waals surface area contributed by atoms with E-state index in [2.05, 4.69) is 43.9 Å². The minimum atomic E-state index is -0.810. The summed E-state index contributed by atoms with van der Waals surface area (Å²) in [5.74, 6) is -0.609. The molecule has 0 aliphatic heterocycles. The van der Waals surface area contributed by atoms with Crippen molar-refractivity contribution < 1.29 is 25.5 Å². The van der Waals surface area contributed by atoms with Crippen LogP contribution in [0.2, 0.25) is 0 Å². The van der Waals surface area contributed by atoms with Crippen molar-refractivity contribution in [1.29, 1.82) is 5.26 Å². The zero-order valence-corrected chi connectivity index (χ0v) is 23.5. The van der Waals surface area contributed by atoms with Gasteiger partial charge in [0, 0.05) is 5.56 Å². The number of nitriles is 1. The molecule has 4 rings (SSSR count). The Hall–Kier alpha value is -3.67. The molecule has 1 aromatic heterocycles. The van der Waals surface area contributed by atoms with Gasteiger partial charge in [-0.05, 0) is 47.7 Å². The van der Waals surface area contributed by atoms with Gasteiger partial charge in [0.05, 0.1) is 23.3 Å². The van der Waals surface area contributed by atoms with Crippen LogP contribution in [0.5, 0.6) is 0 Å². The third-order valence-corrected chi connectivity index (χ3v) is 6.25. The van der Waals surface area contributed by atoms with Gasteiger partial charge >= 0.3 is 21.1 Å². The second-order valence-electron chi connectivity index (χ2n) is 8.17. The quantitative estimate of drug-likeness (QED) is 0.199. The van der Waals surface area contributed by atoms with E-state index in [1.165, 1.54) is 6.07 Å². The number of aromatic nitrogens is 1. The molecule has 2 aromatic carbocycles. The first kappa shape index (κ1) is 29.6.